The van der Waals surface area contributed by atoms with Gasteiger partial charge in [-0.2, -0.15) is 0 Å². The van der Waals surface area contributed by atoms with Gasteiger partial charge in [0.2, 0.25) is 0 Å². The van der Waals surface area contributed by atoms with Gasteiger partial charge in [0.05, 0.1) is 24.0 Å². The second kappa shape index (κ2) is 8.15. The number of rotatable bonds is 2. The summed E-state index contributed by atoms with van der Waals surface area (Å²) in [5, 5.41) is 2.94. The highest BCUT2D eigenvalue weighted by Crippen LogP contribution is 2.31. The number of aromatic nitrogens is 1. The van der Waals surface area contributed by atoms with Crippen LogP contribution in [-0.4, -0.2) is 57.7 Å². The first-order valence-corrected chi connectivity index (χ1v) is 9.82. The minimum atomic E-state index is -0.520. The maximum Gasteiger partial charge on any atom is 0.410 e. The van der Waals surface area contributed by atoms with Crippen LogP contribution in [0.25, 0.3) is 0 Å². The molecular formula is C20H30N4O3. The van der Waals surface area contributed by atoms with Crippen LogP contribution in [0.2, 0.25) is 0 Å². The summed E-state index contributed by atoms with van der Waals surface area (Å²) < 4.78 is 5.59. The lowest BCUT2D eigenvalue weighted by atomic mass is 9.94. The van der Waals surface area contributed by atoms with Crippen LogP contribution in [0.1, 0.15) is 52.9 Å². The highest BCUT2D eigenvalue weighted by molar-refractivity contribution is 5.89. The van der Waals surface area contributed by atoms with E-state index in [1.54, 1.807) is 18.5 Å². The topological polar surface area (TPSA) is 74.8 Å². The lowest BCUT2D eigenvalue weighted by Crippen LogP contribution is -2.56. The SMILES string of the molecule is CC(C)(C)OC(=O)N1CCC[C@@H]1[C@H]1CCCCN1C(=O)Nc1cccnc1. The summed E-state index contributed by atoms with van der Waals surface area (Å²) in [4.78, 5) is 33.3. The van der Waals surface area contributed by atoms with E-state index in [0.717, 1.165) is 32.1 Å². The normalized spacial score (nSPS) is 23.2. The van der Waals surface area contributed by atoms with Crippen molar-refractivity contribution in [2.75, 3.05) is 18.4 Å². The van der Waals surface area contributed by atoms with Crippen molar-refractivity contribution in [3.63, 3.8) is 0 Å². The van der Waals surface area contributed by atoms with Crippen molar-refractivity contribution in [3.8, 4) is 0 Å². The summed E-state index contributed by atoms with van der Waals surface area (Å²) in [6.45, 7) is 7.03. The Morgan fingerprint density at radius 3 is 2.52 bits per heavy atom. The molecule has 0 aliphatic carbocycles. The molecule has 7 nitrogen and oxygen atoms in total. The van der Waals surface area contributed by atoms with Gasteiger partial charge >= 0.3 is 12.1 Å². The standard InChI is InChI=1S/C20H30N4O3/c1-20(2,3)27-19(26)24-13-7-10-17(24)16-9-4-5-12-23(16)18(25)22-15-8-6-11-21-14-15/h6,8,11,14,16-17H,4-5,7,9-10,12-13H2,1-3H3,(H,22,25)/t16-,17-/m1/s1. The fourth-order valence-electron chi connectivity index (χ4n) is 3.98. The Labute approximate surface area is 161 Å². The summed E-state index contributed by atoms with van der Waals surface area (Å²) in [6, 6.07) is 3.53. The van der Waals surface area contributed by atoms with Crippen LogP contribution in [0.4, 0.5) is 15.3 Å². The van der Waals surface area contributed by atoms with E-state index in [4.69, 9.17) is 4.74 Å². The van der Waals surface area contributed by atoms with Gasteiger partial charge in [0.1, 0.15) is 5.60 Å². The maximum atomic E-state index is 12.9. The molecule has 2 fully saturated rings. The van der Waals surface area contributed by atoms with E-state index in [1.165, 1.54) is 0 Å². The average molecular weight is 374 g/mol. The summed E-state index contributed by atoms with van der Waals surface area (Å²) in [5.74, 6) is 0. The predicted molar refractivity (Wildman–Crippen MR) is 104 cm³/mol. The number of pyridine rings is 1. The van der Waals surface area contributed by atoms with Gasteiger partial charge < -0.3 is 19.9 Å². The molecule has 1 aromatic heterocycles. The van der Waals surface area contributed by atoms with E-state index in [-0.39, 0.29) is 24.2 Å². The monoisotopic (exact) mass is 374 g/mol. The molecule has 2 atom stereocenters. The Kier molecular flexibility index (Phi) is 5.87. The molecule has 0 radical (unpaired) electrons. The second-order valence-corrected chi connectivity index (χ2v) is 8.31. The van der Waals surface area contributed by atoms with Gasteiger partial charge in [-0.15, -0.1) is 0 Å². The first kappa shape index (κ1) is 19.5. The van der Waals surface area contributed by atoms with E-state index in [9.17, 15) is 9.59 Å². The highest BCUT2D eigenvalue weighted by Gasteiger charge is 2.41. The van der Waals surface area contributed by atoms with Crippen LogP contribution < -0.4 is 5.32 Å². The van der Waals surface area contributed by atoms with E-state index in [2.05, 4.69) is 10.3 Å². The molecule has 7 heteroatoms. The Hall–Kier alpha value is -2.31. The molecule has 2 aliphatic rings. The zero-order chi connectivity index (χ0) is 19.4. The van der Waals surface area contributed by atoms with Gasteiger partial charge in [0.25, 0.3) is 0 Å². The molecule has 3 heterocycles. The van der Waals surface area contributed by atoms with Crippen LogP contribution in [0.15, 0.2) is 24.5 Å². The third-order valence-electron chi connectivity index (χ3n) is 5.09. The first-order valence-electron chi connectivity index (χ1n) is 9.82. The summed E-state index contributed by atoms with van der Waals surface area (Å²) in [7, 11) is 0. The van der Waals surface area contributed by atoms with Crippen molar-refractivity contribution >= 4 is 17.8 Å². The highest BCUT2D eigenvalue weighted by atomic mass is 16.6. The van der Waals surface area contributed by atoms with Crippen molar-refractivity contribution in [1.82, 2.24) is 14.8 Å². The second-order valence-electron chi connectivity index (χ2n) is 8.31. The molecule has 0 spiro atoms. The number of nitrogens with one attached hydrogen (secondary N) is 1. The van der Waals surface area contributed by atoms with Gasteiger partial charge in [-0.1, -0.05) is 0 Å². The van der Waals surface area contributed by atoms with Gasteiger partial charge in [0.15, 0.2) is 0 Å². The Morgan fingerprint density at radius 2 is 1.81 bits per heavy atom. The largest absolute Gasteiger partial charge is 0.444 e. The first-order chi connectivity index (χ1) is 12.8. The van der Waals surface area contributed by atoms with Gasteiger partial charge in [-0.05, 0) is 65.0 Å². The van der Waals surface area contributed by atoms with Crippen molar-refractivity contribution in [3.05, 3.63) is 24.5 Å². The average Bonchev–Trinajstić information content (AvgIpc) is 3.11. The number of ether oxygens (including phenoxy) is 1. The Balaban J connectivity index is 1.72. The molecule has 0 saturated carbocycles. The molecule has 3 rings (SSSR count). The van der Waals surface area contributed by atoms with Crippen molar-refractivity contribution in [2.24, 2.45) is 0 Å². The number of anilines is 1. The number of carbonyl (C=O) groups is 2. The van der Waals surface area contributed by atoms with Crippen LogP contribution in [0.3, 0.4) is 0 Å². The Morgan fingerprint density at radius 1 is 1.11 bits per heavy atom. The van der Waals surface area contributed by atoms with E-state index in [0.29, 0.717) is 18.8 Å². The van der Waals surface area contributed by atoms with Gasteiger partial charge in [-0.3, -0.25) is 4.98 Å². The molecule has 2 aliphatic heterocycles. The van der Waals surface area contributed by atoms with Crippen LogP contribution in [0, 0.1) is 0 Å². The number of hydrogen-bond acceptors (Lipinski definition) is 4. The maximum absolute atomic E-state index is 12.9. The Bertz CT molecular complexity index is 659. The molecule has 2 saturated heterocycles. The molecule has 3 amide bonds. The summed E-state index contributed by atoms with van der Waals surface area (Å²) in [5.41, 5.74) is 0.163. The third-order valence-corrected chi connectivity index (χ3v) is 5.09. The lowest BCUT2D eigenvalue weighted by molar-refractivity contribution is 0.0121. The quantitative estimate of drug-likeness (QED) is 0.853. The number of amides is 3. The molecule has 27 heavy (non-hydrogen) atoms. The third kappa shape index (κ3) is 4.90. The van der Waals surface area contributed by atoms with E-state index in [1.807, 2.05) is 36.6 Å². The zero-order valence-corrected chi connectivity index (χ0v) is 16.5. The minimum Gasteiger partial charge on any atom is -0.444 e. The molecule has 0 aromatic carbocycles. The van der Waals surface area contributed by atoms with Crippen molar-refractivity contribution < 1.29 is 14.3 Å². The molecule has 1 N–H and O–H groups in total. The predicted octanol–water partition coefficient (Wildman–Crippen LogP) is 3.87. The molecular weight excluding hydrogens is 344 g/mol. The summed E-state index contributed by atoms with van der Waals surface area (Å²) in [6.07, 6.45) is 7.85. The van der Waals surface area contributed by atoms with E-state index >= 15 is 0 Å². The number of piperidine rings is 1. The van der Waals surface area contributed by atoms with Crippen molar-refractivity contribution in [1.29, 1.82) is 0 Å². The zero-order valence-electron chi connectivity index (χ0n) is 16.5. The number of hydrogen-bond donors (Lipinski definition) is 1. The number of urea groups is 1. The van der Waals surface area contributed by atoms with Gasteiger partial charge in [0, 0.05) is 19.3 Å². The molecule has 0 unspecified atom stereocenters. The van der Waals surface area contributed by atoms with Crippen LogP contribution in [0.5, 0.6) is 0 Å². The van der Waals surface area contributed by atoms with Crippen LogP contribution >= 0.6 is 0 Å². The van der Waals surface area contributed by atoms with E-state index < -0.39 is 5.60 Å². The lowest BCUT2D eigenvalue weighted by Gasteiger charge is -2.42. The molecule has 148 valence electrons. The van der Waals surface area contributed by atoms with Crippen molar-refractivity contribution in [2.45, 2.75) is 70.6 Å². The molecule has 1 aromatic rings. The number of carbonyl (C=O) groups excluding carboxylic acids is 2. The fraction of sp³-hybridized carbons (Fsp3) is 0.650. The number of nitrogens with zero attached hydrogens (tertiary/aromatic N) is 3. The molecule has 0 bridgehead atoms. The van der Waals surface area contributed by atoms with Gasteiger partial charge in [-0.25, -0.2) is 9.59 Å². The summed E-state index contributed by atoms with van der Waals surface area (Å²) >= 11 is 0. The number of likely N-dealkylation sites (tertiary alicyclic amines) is 2. The van der Waals surface area contributed by atoms with Crippen LogP contribution in [-0.2, 0) is 4.74 Å². The fourth-order valence-corrected chi connectivity index (χ4v) is 3.98. The smallest absolute Gasteiger partial charge is 0.410 e. The minimum absolute atomic E-state index is 0.0137.